The van der Waals surface area contributed by atoms with E-state index in [1.54, 1.807) is 6.92 Å². The van der Waals surface area contributed by atoms with Crippen molar-refractivity contribution in [2.75, 3.05) is 5.75 Å². The standard InChI is InChI=1S/C15H22O3S/c1-7-19(16,17)14-10(3)9(2)13-12(11(14)4)8-15(5,6)18-13/h7-8H2,1-6H3. The normalized spacial score (nSPS) is 17.2. The molecule has 4 heteroatoms. The molecule has 106 valence electrons. The van der Waals surface area contributed by atoms with Gasteiger partial charge in [-0.3, -0.25) is 0 Å². The van der Waals surface area contributed by atoms with Gasteiger partial charge < -0.3 is 4.74 Å². The van der Waals surface area contributed by atoms with Crippen molar-refractivity contribution >= 4 is 9.84 Å². The van der Waals surface area contributed by atoms with Gasteiger partial charge in [0.25, 0.3) is 0 Å². The van der Waals surface area contributed by atoms with Crippen molar-refractivity contribution in [2.24, 2.45) is 0 Å². The Balaban J connectivity index is 2.80. The van der Waals surface area contributed by atoms with E-state index < -0.39 is 9.84 Å². The highest BCUT2D eigenvalue weighted by atomic mass is 32.2. The maximum absolute atomic E-state index is 12.3. The third kappa shape index (κ3) is 2.16. The van der Waals surface area contributed by atoms with Gasteiger partial charge in [-0.2, -0.15) is 0 Å². The molecule has 0 saturated carbocycles. The molecule has 0 aliphatic carbocycles. The van der Waals surface area contributed by atoms with Crippen LogP contribution in [-0.4, -0.2) is 19.8 Å². The summed E-state index contributed by atoms with van der Waals surface area (Å²) in [6.07, 6.45) is 0.765. The Morgan fingerprint density at radius 2 is 1.68 bits per heavy atom. The summed E-state index contributed by atoms with van der Waals surface area (Å²) in [4.78, 5) is 0.507. The molecule has 1 aromatic carbocycles. The van der Waals surface area contributed by atoms with Crippen LogP contribution in [0.3, 0.4) is 0 Å². The van der Waals surface area contributed by atoms with Crippen molar-refractivity contribution in [1.82, 2.24) is 0 Å². The zero-order valence-electron chi connectivity index (χ0n) is 12.5. The lowest BCUT2D eigenvalue weighted by Gasteiger charge is -2.18. The van der Waals surface area contributed by atoms with Crippen molar-refractivity contribution in [1.29, 1.82) is 0 Å². The summed E-state index contributed by atoms with van der Waals surface area (Å²) in [6.45, 7) is 11.5. The van der Waals surface area contributed by atoms with E-state index in [0.717, 1.165) is 34.4 Å². The average Bonchev–Trinajstić information content (AvgIpc) is 2.63. The highest BCUT2D eigenvalue weighted by Gasteiger charge is 2.36. The van der Waals surface area contributed by atoms with Gasteiger partial charge in [0.1, 0.15) is 11.4 Å². The molecular weight excluding hydrogens is 260 g/mol. The molecule has 19 heavy (non-hydrogen) atoms. The molecule has 0 amide bonds. The van der Waals surface area contributed by atoms with Gasteiger partial charge in [0.05, 0.1) is 10.6 Å². The van der Waals surface area contributed by atoms with Crippen LogP contribution in [0.1, 0.15) is 43.0 Å². The highest BCUT2D eigenvalue weighted by Crippen LogP contribution is 2.43. The Morgan fingerprint density at radius 3 is 2.21 bits per heavy atom. The summed E-state index contributed by atoms with van der Waals surface area (Å²) >= 11 is 0. The lowest BCUT2D eigenvalue weighted by molar-refractivity contribution is 0.137. The molecule has 1 heterocycles. The molecule has 0 atom stereocenters. The largest absolute Gasteiger partial charge is 0.487 e. The first kappa shape index (κ1) is 14.4. The van der Waals surface area contributed by atoms with Gasteiger partial charge in [0.15, 0.2) is 9.84 Å². The molecule has 0 unspecified atom stereocenters. The minimum absolute atomic E-state index is 0.136. The summed E-state index contributed by atoms with van der Waals surface area (Å²) < 4.78 is 30.6. The predicted molar refractivity (Wildman–Crippen MR) is 76.8 cm³/mol. The molecule has 0 aromatic heterocycles. The van der Waals surface area contributed by atoms with Gasteiger partial charge >= 0.3 is 0 Å². The fourth-order valence-electron chi connectivity index (χ4n) is 2.86. The zero-order valence-corrected chi connectivity index (χ0v) is 13.4. The van der Waals surface area contributed by atoms with Gasteiger partial charge in [-0.15, -0.1) is 0 Å². The third-order valence-electron chi connectivity index (χ3n) is 3.98. The van der Waals surface area contributed by atoms with E-state index in [1.807, 2.05) is 34.6 Å². The van der Waals surface area contributed by atoms with Crippen molar-refractivity contribution in [3.8, 4) is 5.75 Å². The first-order valence-electron chi connectivity index (χ1n) is 6.65. The van der Waals surface area contributed by atoms with E-state index in [9.17, 15) is 8.42 Å². The number of ether oxygens (including phenoxy) is 1. The number of hydrogen-bond acceptors (Lipinski definition) is 3. The van der Waals surface area contributed by atoms with E-state index in [0.29, 0.717) is 4.90 Å². The minimum atomic E-state index is -3.20. The molecule has 0 radical (unpaired) electrons. The zero-order chi connectivity index (χ0) is 14.6. The van der Waals surface area contributed by atoms with Crippen LogP contribution in [0.2, 0.25) is 0 Å². The first-order valence-corrected chi connectivity index (χ1v) is 8.30. The van der Waals surface area contributed by atoms with E-state index >= 15 is 0 Å². The monoisotopic (exact) mass is 282 g/mol. The fourth-order valence-corrected chi connectivity index (χ4v) is 4.35. The van der Waals surface area contributed by atoms with Gasteiger partial charge in [0.2, 0.25) is 0 Å². The summed E-state index contributed by atoms with van der Waals surface area (Å²) in [6, 6.07) is 0. The SMILES string of the molecule is CCS(=O)(=O)c1c(C)c(C)c2c(c1C)CC(C)(C)O2. The molecular formula is C15H22O3S. The molecule has 1 aromatic rings. The smallest absolute Gasteiger partial charge is 0.178 e. The summed E-state index contributed by atoms with van der Waals surface area (Å²) in [7, 11) is -3.20. The first-order chi connectivity index (χ1) is 8.60. The molecule has 0 N–H and O–H groups in total. The summed E-state index contributed by atoms with van der Waals surface area (Å²) in [5, 5.41) is 0. The molecule has 3 nitrogen and oxygen atoms in total. The van der Waals surface area contributed by atoms with Crippen LogP contribution in [0.25, 0.3) is 0 Å². The lowest BCUT2D eigenvalue weighted by Crippen LogP contribution is -2.24. The van der Waals surface area contributed by atoms with Crippen LogP contribution in [0.5, 0.6) is 5.75 Å². The van der Waals surface area contributed by atoms with Gasteiger partial charge in [0, 0.05) is 12.0 Å². The average molecular weight is 282 g/mol. The van der Waals surface area contributed by atoms with Crippen LogP contribution in [-0.2, 0) is 16.3 Å². The summed E-state index contributed by atoms with van der Waals surface area (Å²) in [5.41, 5.74) is 3.46. The Kier molecular flexibility index (Phi) is 3.21. The Morgan fingerprint density at radius 1 is 1.11 bits per heavy atom. The van der Waals surface area contributed by atoms with E-state index in [4.69, 9.17) is 4.74 Å². The Hall–Kier alpha value is -1.03. The van der Waals surface area contributed by atoms with Crippen LogP contribution in [0, 0.1) is 20.8 Å². The number of fused-ring (bicyclic) bond motifs is 1. The van der Waals surface area contributed by atoms with Gasteiger partial charge in [-0.25, -0.2) is 8.42 Å². The lowest BCUT2D eigenvalue weighted by atomic mass is 9.94. The molecule has 2 rings (SSSR count). The third-order valence-corrected chi connectivity index (χ3v) is 5.98. The topological polar surface area (TPSA) is 43.4 Å². The van der Waals surface area contributed by atoms with Gasteiger partial charge in [-0.1, -0.05) is 6.92 Å². The van der Waals surface area contributed by atoms with Crippen LogP contribution >= 0.6 is 0 Å². The molecule has 0 saturated heterocycles. The Bertz CT molecular complexity index is 640. The molecule has 0 bridgehead atoms. The second kappa shape index (κ2) is 4.23. The number of hydrogen-bond donors (Lipinski definition) is 0. The fraction of sp³-hybridized carbons (Fsp3) is 0.600. The maximum atomic E-state index is 12.3. The van der Waals surface area contributed by atoms with Crippen molar-refractivity contribution in [3.05, 3.63) is 22.3 Å². The Labute approximate surface area is 115 Å². The molecule has 0 spiro atoms. The molecule has 1 aliphatic heterocycles. The minimum Gasteiger partial charge on any atom is -0.487 e. The quantitative estimate of drug-likeness (QED) is 0.837. The number of benzene rings is 1. The number of sulfone groups is 1. The van der Waals surface area contributed by atoms with Gasteiger partial charge in [-0.05, 0) is 51.3 Å². The van der Waals surface area contributed by atoms with Crippen molar-refractivity contribution < 1.29 is 13.2 Å². The predicted octanol–water partition coefficient (Wildman–Crippen LogP) is 3.12. The van der Waals surface area contributed by atoms with Crippen LogP contribution in [0.15, 0.2) is 4.90 Å². The second-order valence-electron chi connectivity index (χ2n) is 5.95. The summed E-state index contributed by atoms with van der Waals surface area (Å²) in [5.74, 6) is 1.02. The molecule has 0 fully saturated rings. The van der Waals surface area contributed by atoms with Crippen molar-refractivity contribution in [2.45, 2.75) is 58.5 Å². The second-order valence-corrected chi connectivity index (χ2v) is 8.17. The highest BCUT2D eigenvalue weighted by molar-refractivity contribution is 7.91. The van der Waals surface area contributed by atoms with E-state index in [-0.39, 0.29) is 11.4 Å². The number of rotatable bonds is 2. The van der Waals surface area contributed by atoms with Crippen LogP contribution in [0.4, 0.5) is 0 Å². The molecule has 1 aliphatic rings. The van der Waals surface area contributed by atoms with E-state index in [2.05, 4.69) is 0 Å². The van der Waals surface area contributed by atoms with Crippen molar-refractivity contribution in [3.63, 3.8) is 0 Å². The van der Waals surface area contributed by atoms with E-state index in [1.165, 1.54) is 0 Å². The van der Waals surface area contributed by atoms with Crippen LogP contribution < -0.4 is 4.74 Å². The maximum Gasteiger partial charge on any atom is 0.178 e.